The summed E-state index contributed by atoms with van der Waals surface area (Å²) in [4.78, 5) is 4.60. The van der Waals surface area contributed by atoms with Crippen LogP contribution >= 0.6 is 0 Å². The number of hydrogen-bond acceptors (Lipinski definition) is 4. The highest BCUT2D eigenvalue weighted by atomic mass is 32.2. The molecule has 1 heterocycles. The minimum absolute atomic E-state index is 0.000407. The van der Waals surface area contributed by atoms with Crippen LogP contribution in [0.2, 0.25) is 0 Å². The van der Waals surface area contributed by atoms with E-state index in [0.717, 1.165) is 36.8 Å². The van der Waals surface area contributed by atoms with Gasteiger partial charge in [-0.2, -0.15) is 0 Å². The maximum atomic E-state index is 12.7. The molecule has 2 aromatic rings. The van der Waals surface area contributed by atoms with Crippen molar-refractivity contribution < 1.29 is 13.2 Å². The van der Waals surface area contributed by atoms with Gasteiger partial charge in [-0.3, -0.25) is 0 Å². The lowest BCUT2D eigenvalue weighted by Crippen LogP contribution is -2.39. The molecule has 1 aliphatic carbocycles. The van der Waals surface area contributed by atoms with Gasteiger partial charge in [-0.15, -0.1) is 0 Å². The number of rotatable bonds is 5. The summed E-state index contributed by atoms with van der Waals surface area (Å²) in [5.74, 6) is 0.633. The standard InChI is InChI=1S/C22H30N2O3S/c1-16-5-14-21(23-15-16)27-19-10-8-18(9-11-19)24-28(25,26)20-12-6-17(7-13-20)22(2,3)4/h5-7,12-15,18-19,24H,8-11H2,1-4H3. The third-order valence-corrected chi connectivity index (χ3v) is 6.73. The molecule has 0 spiro atoms. The van der Waals surface area contributed by atoms with Crippen molar-refractivity contribution in [2.75, 3.05) is 0 Å². The Morgan fingerprint density at radius 3 is 2.18 bits per heavy atom. The topological polar surface area (TPSA) is 68.3 Å². The summed E-state index contributed by atoms with van der Waals surface area (Å²) in [6.45, 7) is 8.33. The molecule has 3 rings (SSSR count). The number of sulfonamides is 1. The van der Waals surface area contributed by atoms with Gasteiger partial charge in [0.05, 0.1) is 4.90 Å². The number of ether oxygens (including phenoxy) is 1. The van der Waals surface area contributed by atoms with Gasteiger partial charge in [0.25, 0.3) is 0 Å². The average molecular weight is 403 g/mol. The van der Waals surface area contributed by atoms with E-state index < -0.39 is 10.0 Å². The lowest BCUT2D eigenvalue weighted by molar-refractivity contribution is 0.138. The van der Waals surface area contributed by atoms with Gasteiger partial charge >= 0.3 is 0 Å². The SMILES string of the molecule is Cc1ccc(OC2CCC(NS(=O)(=O)c3ccc(C(C)(C)C)cc3)CC2)nc1. The number of aryl methyl sites for hydroxylation is 1. The van der Waals surface area contributed by atoms with E-state index in [9.17, 15) is 8.42 Å². The third-order valence-electron chi connectivity index (χ3n) is 5.20. The molecular weight excluding hydrogens is 372 g/mol. The predicted octanol–water partition coefficient (Wildman–Crippen LogP) is 4.36. The zero-order valence-corrected chi connectivity index (χ0v) is 17.9. The van der Waals surface area contributed by atoms with Crippen molar-refractivity contribution >= 4 is 10.0 Å². The molecule has 1 aromatic carbocycles. The van der Waals surface area contributed by atoms with Gasteiger partial charge in [-0.25, -0.2) is 18.1 Å². The van der Waals surface area contributed by atoms with Gasteiger partial charge in [-0.1, -0.05) is 39.0 Å². The number of hydrogen-bond donors (Lipinski definition) is 1. The third kappa shape index (κ3) is 5.32. The first-order chi connectivity index (χ1) is 13.1. The van der Waals surface area contributed by atoms with Crippen LogP contribution in [-0.2, 0) is 15.4 Å². The van der Waals surface area contributed by atoms with Crippen LogP contribution in [0.3, 0.4) is 0 Å². The van der Waals surface area contributed by atoms with E-state index in [2.05, 4.69) is 30.5 Å². The van der Waals surface area contributed by atoms with E-state index in [-0.39, 0.29) is 17.6 Å². The fraction of sp³-hybridized carbons (Fsp3) is 0.500. The zero-order chi connectivity index (χ0) is 20.4. The van der Waals surface area contributed by atoms with E-state index in [1.165, 1.54) is 0 Å². The highest BCUT2D eigenvalue weighted by Crippen LogP contribution is 2.26. The summed E-state index contributed by atoms with van der Waals surface area (Å²) >= 11 is 0. The van der Waals surface area contributed by atoms with Crippen molar-refractivity contribution in [2.24, 2.45) is 0 Å². The average Bonchev–Trinajstić information content (AvgIpc) is 2.64. The molecule has 0 saturated heterocycles. The zero-order valence-electron chi connectivity index (χ0n) is 17.1. The normalized spacial score (nSPS) is 20.7. The Kier molecular flexibility index (Phi) is 6.10. The van der Waals surface area contributed by atoms with Gasteiger partial charge in [-0.05, 0) is 61.3 Å². The largest absolute Gasteiger partial charge is 0.474 e. The minimum Gasteiger partial charge on any atom is -0.474 e. The Morgan fingerprint density at radius 1 is 1.00 bits per heavy atom. The molecule has 0 aliphatic heterocycles. The van der Waals surface area contributed by atoms with Gasteiger partial charge in [0.15, 0.2) is 0 Å². The second-order valence-electron chi connectivity index (χ2n) is 8.66. The van der Waals surface area contributed by atoms with Crippen molar-refractivity contribution in [1.29, 1.82) is 0 Å². The van der Waals surface area contributed by atoms with Crippen LogP contribution < -0.4 is 9.46 Å². The molecule has 152 valence electrons. The lowest BCUT2D eigenvalue weighted by atomic mass is 9.87. The van der Waals surface area contributed by atoms with Crippen LogP contribution in [0, 0.1) is 6.92 Å². The smallest absolute Gasteiger partial charge is 0.240 e. The van der Waals surface area contributed by atoms with Crippen molar-refractivity contribution in [3.8, 4) is 5.88 Å². The molecule has 0 atom stereocenters. The fourth-order valence-corrected chi connectivity index (χ4v) is 4.72. The van der Waals surface area contributed by atoms with E-state index in [1.807, 2.05) is 31.2 Å². The van der Waals surface area contributed by atoms with Crippen molar-refractivity contribution in [3.63, 3.8) is 0 Å². The molecule has 1 aliphatic rings. The molecule has 0 bridgehead atoms. The molecule has 1 saturated carbocycles. The molecular formula is C22H30N2O3S. The van der Waals surface area contributed by atoms with Gasteiger partial charge in [0, 0.05) is 18.3 Å². The van der Waals surface area contributed by atoms with Crippen LogP contribution in [0.5, 0.6) is 5.88 Å². The highest BCUT2D eigenvalue weighted by molar-refractivity contribution is 7.89. The Labute approximate surface area is 168 Å². The summed E-state index contributed by atoms with van der Waals surface area (Å²) in [6, 6.07) is 11.0. The molecule has 1 aromatic heterocycles. The summed E-state index contributed by atoms with van der Waals surface area (Å²) in [5.41, 5.74) is 2.22. The Hall–Kier alpha value is -1.92. The first-order valence-electron chi connectivity index (χ1n) is 9.86. The maximum Gasteiger partial charge on any atom is 0.240 e. The lowest BCUT2D eigenvalue weighted by Gasteiger charge is -2.29. The Balaban J connectivity index is 1.55. The molecule has 1 fully saturated rings. The van der Waals surface area contributed by atoms with E-state index in [0.29, 0.717) is 10.8 Å². The summed E-state index contributed by atoms with van der Waals surface area (Å²) in [7, 11) is -3.51. The summed E-state index contributed by atoms with van der Waals surface area (Å²) in [5, 5.41) is 0. The number of aromatic nitrogens is 1. The van der Waals surface area contributed by atoms with Gasteiger partial charge in [0.2, 0.25) is 15.9 Å². The molecule has 28 heavy (non-hydrogen) atoms. The second-order valence-corrected chi connectivity index (χ2v) is 10.4. The van der Waals surface area contributed by atoms with Gasteiger partial charge in [0.1, 0.15) is 6.10 Å². The van der Waals surface area contributed by atoms with Crippen LogP contribution in [0.1, 0.15) is 57.6 Å². The molecule has 0 radical (unpaired) electrons. The van der Waals surface area contributed by atoms with Crippen LogP contribution in [0.25, 0.3) is 0 Å². The van der Waals surface area contributed by atoms with Crippen LogP contribution in [0.15, 0.2) is 47.5 Å². The molecule has 6 heteroatoms. The number of benzene rings is 1. The Morgan fingerprint density at radius 2 is 1.64 bits per heavy atom. The van der Waals surface area contributed by atoms with Crippen molar-refractivity contribution in [2.45, 2.75) is 75.8 Å². The number of nitrogens with one attached hydrogen (secondary N) is 1. The number of pyridine rings is 1. The quantitative estimate of drug-likeness (QED) is 0.807. The van der Waals surface area contributed by atoms with Crippen molar-refractivity contribution in [1.82, 2.24) is 9.71 Å². The van der Waals surface area contributed by atoms with E-state index in [1.54, 1.807) is 18.3 Å². The van der Waals surface area contributed by atoms with Crippen molar-refractivity contribution in [3.05, 3.63) is 53.7 Å². The summed E-state index contributed by atoms with van der Waals surface area (Å²) < 4.78 is 34.2. The first kappa shape index (κ1) is 20.8. The van der Waals surface area contributed by atoms with E-state index in [4.69, 9.17) is 4.74 Å². The van der Waals surface area contributed by atoms with Crippen LogP contribution in [0.4, 0.5) is 0 Å². The first-order valence-corrected chi connectivity index (χ1v) is 11.3. The second kappa shape index (κ2) is 8.21. The molecule has 0 amide bonds. The van der Waals surface area contributed by atoms with E-state index >= 15 is 0 Å². The molecule has 1 N–H and O–H groups in total. The van der Waals surface area contributed by atoms with Crippen LogP contribution in [-0.4, -0.2) is 25.5 Å². The van der Waals surface area contributed by atoms with Gasteiger partial charge < -0.3 is 4.74 Å². The Bertz CT molecular complexity index is 877. The minimum atomic E-state index is -3.51. The predicted molar refractivity (Wildman–Crippen MR) is 111 cm³/mol. The maximum absolute atomic E-state index is 12.7. The molecule has 0 unspecified atom stereocenters. The monoisotopic (exact) mass is 402 g/mol. The highest BCUT2D eigenvalue weighted by Gasteiger charge is 2.27. The molecule has 5 nitrogen and oxygen atoms in total. The summed E-state index contributed by atoms with van der Waals surface area (Å²) in [6.07, 6.45) is 5.02. The fourth-order valence-electron chi connectivity index (χ4n) is 3.41. The number of nitrogens with zero attached hydrogens (tertiary/aromatic N) is 1.